The van der Waals surface area contributed by atoms with Gasteiger partial charge in [-0.25, -0.2) is 9.59 Å². The summed E-state index contributed by atoms with van der Waals surface area (Å²) in [6.45, 7) is 22.5. The van der Waals surface area contributed by atoms with Gasteiger partial charge in [0.1, 0.15) is 0 Å². The number of amides is 2. The molecule has 7 heteroatoms. The van der Waals surface area contributed by atoms with E-state index in [0.29, 0.717) is 13.2 Å². The quantitative estimate of drug-likeness (QED) is 0.447. The molecule has 0 saturated carbocycles. The molecular formula is C24H48N2O5. The van der Waals surface area contributed by atoms with Crippen LogP contribution in [0.2, 0.25) is 0 Å². The average Bonchev–Trinajstić information content (AvgIpc) is 2.54. The van der Waals surface area contributed by atoms with Gasteiger partial charge < -0.3 is 24.8 Å². The van der Waals surface area contributed by atoms with E-state index < -0.39 is 12.2 Å². The van der Waals surface area contributed by atoms with Gasteiger partial charge >= 0.3 is 12.2 Å². The molecule has 0 radical (unpaired) electrons. The minimum atomic E-state index is -0.490. The van der Waals surface area contributed by atoms with E-state index in [0.717, 1.165) is 12.8 Å². The van der Waals surface area contributed by atoms with Gasteiger partial charge in [-0.3, -0.25) is 0 Å². The van der Waals surface area contributed by atoms with Gasteiger partial charge in [-0.1, -0.05) is 69.2 Å². The number of methoxy groups -OCH3 is 1. The summed E-state index contributed by atoms with van der Waals surface area (Å²) in [5, 5.41) is 5.39. The lowest BCUT2D eigenvalue weighted by Gasteiger charge is -2.32. The fourth-order valence-corrected chi connectivity index (χ4v) is 4.23. The molecule has 0 aromatic heterocycles. The molecule has 0 fully saturated rings. The van der Waals surface area contributed by atoms with Gasteiger partial charge in [0.15, 0.2) is 0 Å². The Kier molecular flexibility index (Phi) is 11.4. The van der Waals surface area contributed by atoms with E-state index in [9.17, 15) is 9.59 Å². The van der Waals surface area contributed by atoms with Crippen molar-refractivity contribution in [1.29, 1.82) is 0 Å². The largest absolute Gasteiger partial charge is 0.449 e. The van der Waals surface area contributed by atoms with E-state index in [1.165, 1.54) is 7.11 Å². The molecule has 2 amide bonds. The number of alkyl carbamates (subject to hydrolysis) is 2. The molecule has 0 atom stereocenters. The van der Waals surface area contributed by atoms with Gasteiger partial charge in [0.25, 0.3) is 0 Å². The SMILES string of the molecule is COC(CNC(=O)OCC(C)(C)CC(C)(C)C)CNC(=O)OCC(C)(C)CC(C)(C)C. The molecule has 0 aliphatic carbocycles. The molecule has 0 rings (SSSR count). The zero-order chi connectivity index (χ0) is 24.5. The second kappa shape index (κ2) is 11.9. The lowest BCUT2D eigenvalue weighted by Crippen LogP contribution is -2.42. The van der Waals surface area contributed by atoms with E-state index in [-0.39, 0.29) is 40.9 Å². The van der Waals surface area contributed by atoms with Crippen molar-refractivity contribution in [1.82, 2.24) is 10.6 Å². The molecule has 0 aliphatic rings. The zero-order valence-corrected chi connectivity index (χ0v) is 21.9. The zero-order valence-electron chi connectivity index (χ0n) is 21.9. The first-order valence-electron chi connectivity index (χ1n) is 11.2. The smallest absolute Gasteiger partial charge is 0.407 e. The molecule has 0 unspecified atom stereocenters. The molecule has 184 valence electrons. The van der Waals surface area contributed by atoms with Crippen LogP contribution in [0.1, 0.15) is 82.1 Å². The van der Waals surface area contributed by atoms with Crippen LogP contribution in [0.5, 0.6) is 0 Å². The van der Waals surface area contributed by atoms with Crippen LogP contribution in [0.4, 0.5) is 9.59 Å². The lowest BCUT2D eigenvalue weighted by molar-refractivity contribution is 0.0602. The summed E-state index contributed by atoms with van der Waals surface area (Å²) in [6.07, 6.45) is 0.510. The first-order chi connectivity index (χ1) is 13.8. The minimum absolute atomic E-state index is 0.109. The number of carbonyl (C=O) groups is 2. The van der Waals surface area contributed by atoms with Crippen LogP contribution >= 0.6 is 0 Å². The van der Waals surface area contributed by atoms with Crippen LogP contribution in [0.25, 0.3) is 0 Å². The second-order valence-corrected chi connectivity index (χ2v) is 12.6. The lowest BCUT2D eigenvalue weighted by atomic mass is 9.77. The first-order valence-corrected chi connectivity index (χ1v) is 11.2. The van der Waals surface area contributed by atoms with Crippen molar-refractivity contribution in [3.05, 3.63) is 0 Å². The fraction of sp³-hybridized carbons (Fsp3) is 0.917. The number of rotatable bonds is 11. The van der Waals surface area contributed by atoms with Crippen LogP contribution in [-0.2, 0) is 14.2 Å². The van der Waals surface area contributed by atoms with E-state index in [1.807, 2.05) is 0 Å². The average molecular weight is 445 g/mol. The summed E-state index contributed by atoms with van der Waals surface area (Å²) in [7, 11) is 1.53. The number of hydrogen-bond acceptors (Lipinski definition) is 5. The Morgan fingerprint density at radius 3 is 1.26 bits per heavy atom. The van der Waals surface area contributed by atoms with Crippen LogP contribution in [0.15, 0.2) is 0 Å². The topological polar surface area (TPSA) is 85.9 Å². The third kappa shape index (κ3) is 16.8. The van der Waals surface area contributed by atoms with Gasteiger partial charge in [-0.15, -0.1) is 0 Å². The van der Waals surface area contributed by atoms with Crippen molar-refractivity contribution in [3.63, 3.8) is 0 Å². The normalized spacial score (nSPS) is 13.2. The Morgan fingerprint density at radius 1 is 0.677 bits per heavy atom. The molecule has 2 N–H and O–H groups in total. The molecule has 0 heterocycles. The minimum Gasteiger partial charge on any atom is -0.449 e. The van der Waals surface area contributed by atoms with Gasteiger partial charge in [-0.2, -0.15) is 0 Å². The van der Waals surface area contributed by atoms with Crippen LogP contribution in [0.3, 0.4) is 0 Å². The van der Waals surface area contributed by atoms with Crippen molar-refractivity contribution in [2.24, 2.45) is 21.7 Å². The van der Waals surface area contributed by atoms with Gasteiger partial charge in [-0.05, 0) is 34.5 Å². The number of nitrogens with one attached hydrogen (secondary N) is 2. The summed E-state index contributed by atoms with van der Waals surface area (Å²) >= 11 is 0. The monoisotopic (exact) mass is 444 g/mol. The predicted molar refractivity (Wildman–Crippen MR) is 125 cm³/mol. The van der Waals surface area contributed by atoms with E-state index in [2.05, 4.69) is 79.9 Å². The Balaban J connectivity index is 4.28. The first kappa shape index (κ1) is 29.5. The van der Waals surface area contributed by atoms with Gasteiger partial charge in [0.05, 0.1) is 19.3 Å². The maximum atomic E-state index is 12.0. The van der Waals surface area contributed by atoms with E-state index in [4.69, 9.17) is 14.2 Å². The molecule has 31 heavy (non-hydrogen) atoms. The summed E-state index contributed by atoms with van der Waals surface area (Å²) in [4.78, 5) is 24.1. The summed E-state index contributed by atoms with van der Waals surface area (Å²) < 4.78 is 16.1. The number of ether oxygens (including phenoxy) is 3. The molecule has 0 aromatic carbocycles. The third-order valence-electron chi connectivity index (χ3n) is 4.49. The Labute approximate surface area is 190 Å². The highest BCUT2D eigenvalue weighted by molar-refractivity contribution is 5.68. The number of hydrogen-bond donors (Lipinski definition) is 2. The van der Waals surface area contributed by atoms with Crippen molar-refractivity contribution >= 4 is 12.2 Å². The highest BCUT2D eigenvalue weighted by Crippen LogP contribution is 2.34. The molecule has 0 spiro atoms. The predicted octanol–water partition coefficient (Wildman–Crippen LogP) is 5.38. The van der Waals surface area contributed by atoms with Gasteiger partial charge in [0, 0.05) is 20.2 Å². The number of carbonyl (C=O) groups excluding carboxylic acids is 2. The standard InChI is InChI=1S/C24H48N2O5/c1-21(2,3)14-23(7,8)16-30-19(27)25-12-18(29-11)13-26-20(28)31-17-24(9,10)15-22(4,5)6/h18H,12-17H2,1-11H3,(H,25,27)(H,26,28). The van der Waals surface area contributed by atoms with Crippen LogP contribution < -0.4 is 10.6 Å². The molecule has 0 saturated heterocycles. The summed E-state index contributed by atoms with van der Waals surface area (Å²) in [6, 6.07) is 0. The summed E-state index contributed by atoms with van der Waals surface area (Å²) in [5.41, 5.74) is 0.101. The Morgan fingerprint density at radius 2 is 1.00 bits per heavy atom. The molecule has 0 bridgehead atoms. The highest BCUT2D eigenvalue weighted by atomic mass is 16.6. The van der Waals surface area contributed by atoms with Crippen molar-refractivity contribution < 1.29 is 23.8 Å². The maximum Gasteiger partial charge on any atom is 0.407 e. The molecule has 0 aromatic rings. The van der Waals surface area contributed by atoms with Crippen LogP contribution in [0, 0.1) is 21.7 Å². The Bertz CT molecular complexity index is 511. The van der Waals surface area contributed by atoms with E-state index in [1.54, 1.807) is 0 Å². The Hall–Kier alpha value is -1.50. The van der Waals surface area contributed by atoms with Crippen molar-refractivity contribution in [2.75, 3.05) is 33.4 Å². The molecule has 0 aliphatic heterocycles. The fourth-order valence-electron chi connectivity index (χ4n) is 4.23. The molecule has 7 nitrogen and oxygen atoms in total. The highest BCUT2D eigenvalue weighted by Gasteiger charge is 2.28. The third-order valence-corrected chi connectivity index (χ3v) is 4.49. The van der Waals surface area contributed by atoms with E-state index >= 15 is 0 Å². The van der Waals surface area contributed by atoms with Crippen molar-refractivity contribution in [3.8, 4) is 0 Å². The molecular weight excluding hydrogens is 396 g/mol. The van der Waals surface area contributed by atoms with Crippen molar-refractivity contribution in [2.45, 2.75) is 88.2 Å². The second-order valence-electron chi connectivity index (χ2n) is 12.6. The van der Waals surface area contributed by atoms with Crippen LogP contribution in [-0.4, -0.2) is 51.7 Å². The van der Waals surface area contributed by atoms with Gasteiger partial charge in [0.2, 0.25) is 0 Å². The summed E-state index contributed by atoms with van der Waals surface area (Å²) in [5.74, 6) is 0. The maximum absolute atomic E-state index is 12.0.